The number of ether oxygens (including phenoxy) is 1. The van der Waals surface area contributed by atoms with Crippen molar-refractivity contribution in [3.63, 3.8) is 0 Å². The van der Waals surface area contributed by atoms with Crippen molar-refractivity contribution >= 4 is 11.5 Å². The highest BCUT2D eigenvalue weighted by atomic mass is 16.5. The zero-order valence-electron chi connectivity index (χ0n) is 10.3. The van der Waals surface area contributed by atoms with E-state index in [0.717, 1.165) is 24.5 Å². The predicted molar refractivity (Wildman–Crippen MR) is 70.9 cm³/mol. The van der Waals surface area contributed by atoms with Crippen molar-refractivity contribution in [3.05, 3.63) is 36.0 Å². The first kappa shape index (κ1) is 11.0. The van der Waals surface area contributed by atoms with E-state index in [0.29, 0.717) is 5.69 Å². The van der Waals surface area contributed by atoms with Crippen molar-refractivity contribution < 1.29 is 4.74 Å². The molecular weight excluding hydrogens is 228 g/mol. The minimum atomic E-state index is 0.216. The first-order chi connectivity index (χ1) is 8.79. The highest BCUT2D eigenvalue weighted by Gasteiger charge is 2.23. The SMILES string of the molecule is COc1cccc(C2CCNc3c(N)cnn32)c1. The summed E-state index contributed by atoms with van der Waals surface area (Å²) in [6.45, 7) is 0.901. The molecule has 1 aliphatic heterocycles. The van der Waals surface area contributed by atoms with Crippen LogP contribution in [0.15, 0.2) is 30.5 Å². The van der Waals surface area contributed by atoms with Gasteiger partial charge in [-0.3, -0.25) is 0 Å². The molecule has 3 rings (SSSR count). The number of methoxy groups -OCH3 is 1. The molecule has 0 amide bonds. The van der Waals surface area contributed by atoms with Gasteiger partial charge >= 0.3 is 0 Å². The number of hydrogen-bond acceptors (Lipinski definition) is 4. The Morgan fingerprint density at radius 2 is 2.39 bits per heavy atom. The van der Waals surface area contributed by atoms with E-state index in [1.807, 2.05) is 16.8 Å². The monoisotopic (exact) mass is 244 g/mol. The van der Waals surface area contributed by atoms with E-state index < -0.39 is 0 Å². The average molecular weight is 244 g/mol. The van der Waals surface area contributed by atoms with E-state index in [1.54, 1.807) is 13.3 Å². The molecule has 0 saturated carbocycles. The van der Waals surface area contributed by atoms with Crippen LogP contribution in [-0.4, -0.2) is 23.4 Å². The van der Waals surface area contributed by atoms with E-state index in [1.165, 1.54) is 5.56 Å². The van der Waals surface area contributed by atoms with Gasteiger partial charge in [0.05, 0.1) is 25.0 Å². The minimum absolute atomic E-state index is 0.216. The van der Waals surface area contributed by atoms with Gasteiger partial charge in [-0.1, -0.05) is 12.1 Å². The number of nitrogens with two attached hydrogens (primary N) is 1. The highest BCUT2D eigenvalue weighted by Crippen LogP contribution is 2.33. The topological polar surface area (TPSA) is 65.1 Å². The number of nitrogen functional groups attached to an aromatic ring is 1. The van der Waals surface area contributed by atoms with E-state index >= 15 is 0 Å². The predicted octanol–water partition coefficient (Wildman–Crippen LogP) is 1.88. The third-order valence-electron chi connectivity index (χ3n) is 3.31. The van der Waals surface area contributed by atoms with Crippen LogP contribution < -0.4 is 15.8 Å². The van der Waals surface area contributed by atoms with Crippen LogP contribution in [0.1, 0.15) is 18.0 Å². The molecule has 0 saturated heterocycles. The Morgan fingerprint density at radius 1 is 1.50 bits per heavy atom. The van der Waals surface area contributed by atoms with Crippen molar-refractivity contribution in [3.8, 4) is 5.75 Å². The summed E-state index contributed by atoms with van der Waals surface area (Å²) in [5.41, 5.74) is 7.78. The quantitative estimate of drug-likeness (QED) is 0.846. The summed E-state index contributed by atoms with van der Waals surface area (Å²) in [7, 11) is 1.68. The zero-order valence-corrected chi connectivity index (χ0v) is 10.3. The number of fused-ring (bicyclic) bond motifs is 1. The fourth-order valence-electron chi connectivity index (χ4n) is 2.40. The molecule has 1 atom stereocenters. The highest BCUT2D eigenvalue weighted by molar-refractivity contribution is 5.62. The maximum atomic E-state index is 5.89. The molecule has 2 heterocycles. The number of aromatic nitrogens is 2. The fourth-order valence-corrected chi connectivity index (χ4v) is 2.40. The molecule has 1 aliphatic rings. The van der Waals surface area contributed by atoms with Gasteiger partial charge in [-0.15, -0.1) is 0 Å². The lowest BCUT2D eigenvalue weighted by molar-refractivity contribution is 0.411. The third kappa shape index (κ3) is 1.68. The summed E-state index contributed by atoms with van der Waals surface area (Å²) in [6, 6.07) is 8.32. The Morgan fingerprint density at radius 3 is 3.22 bits per heavy atom. The van der Waals surface area contributed by atoms with Gasteiger partial charge in [0.25, 0.3) is 0 Å². The van der Waals surface area contributed by atoms with Crippen LogP contribution in [0.3, 0.4) is 0 Å². The molecule has 0 radical (unpaired) electrons. The number of nitrogens with one attached hydrogen (secondary N) is 1. The Hall–Kier alpha value is -2.17. The summed E-state index contributed by atoms with van der Waals surface area (Å²) in [6.07, 6.45) is 2.68. The second kappa shape index (κ2) is 4.25. The maximum Gasteiger partial charge on any atom is 0.148 e. The number of hydrogen-bond donors (Lipinski definition) is 2. The molecule has 1 unspecified atom stereocenters. The van der Waals surface area contributed by atoms with Gasteiger partial charge in [0.1, 0.15) is 11.6 Å². The van der Waals surface area contributed by atoms with Crippen LogP contribution in [0.4, 0.5) is 11.5 Å². The Bertz CT molecular complexity index is 564. The van der Waals surface area contributed by atoms with Crippen LogP contribution in [-0.2, 0) is 0 Å². The van der Waals surface area contributed by atoms with Crippen molar-refractivity contribution in [1.82, 2.24) is 9.78 Å². The van der Waals surface area contributed by atoms with Crippen LogP contribution in [0.2, 0.25) is 0 Å². The summed E-state index contributed by atoms with van der Waals surface area (Å²) in [4.78, 5) is 0. The lowest BCUT2D eigenvalue weighted by Crippen LogP contribution is -2.24. The molecule has 0 bridgehead atoms. The van der Waals surface area contributed by atoms with Crippen LogP contribution in [0, 0.1) is 0 Å². The Labute approximate surface area is 106 Å². The van der Waals surface area contributed by atoms with E-state index in [-0.39, 0.29) is 6.04 Å². The number of benzene rings is 1. The van der Waals surface area contributed by atoms with E-state index in [9.17, 15) is 0 Å². The standard InChI is InChI=1S/C13H16N4O/c1-18-10-4-2-3-9(7-10)12-5-6-15-13-11(14)8-16-17(12)13/h2-4,7-8,12,15H,5-6,14H2,1H3. The Balaban J connectivity index is 2.02. The fraction of sp³-hybridized carbons (Fsp3) is 0.308. The average Bonchev–Trinajstić information content (AvgIpc) is 2.81. The van der Waals surface area contributed by atoms with Crippen LogP contribution in [0.25, 0.3) is 0 Å². The first-order valence-electron chi connectivity index (χ1n) is 6.00. The normalized spacial score (nSPS) is 17.9. The third-order valence-corrected chi connectivity index (χ3v) is 3.31. The van der Waals surface area contributed by atoms with Gasteiger partial charge in [-0.2, -0.15) is 5.10 Å². The van der Waals surface area contributed by atoms with Gasteiger partial charge in [-0.05, 0) is 24.1 Å². The van der Waals surface area contributed by atoms with Crippen molar-refractivity contribution in [2.75, 3.05) is 24.7 Å². The smallest absolute Gasteiger partial charge is 0.148 e. The van der Waals surface area contributed by atoms with Crippen LogP contribution >= 0.6 is 0 Å². The van der Waals surface area contributed by atoms with Crippen LogP contribution in [0.5, 0.6) is 5.75 Å². The second-order valence-corrected chi connectivity index (χ2v) is 4.40. The van der Waals surface area contributed by atoms with Gasteiger partial charge in [0.15, 0.2) is 0 Å². The largest absolute Gasteiger partial charge is 0.497 e. The van der Waals surface area contributed by atoms with E-state index in [2.05, 4.69) is 22.5 Å². The molecule has 1 aromatic heterocycles. The molecule has 94 valence electrons. The first-order valence-corrected chi connectivity index (χ1v) is 6.00. The maximum absolute atomic E-state index is 5.89. The molecule has 18 heavy (non-hydrogen) atoms. The molecule has 5 heteroatoms. The summed E-state index contributed by atoms with van der Waals surface area (Å²) < 4.78 is 7.22. The lowest BCUT2D eigenvalue weighted by Gasteiger charge is -2.26. The summed E-state index contributed by atoms with van der Waals surface area (Å²) >= 11 is 0. The van der Waals surface area contributed by atoms with Crippen molar-refractivity contribution in [1.29, 1.82) is 0 Å². The molecule has 0 aliphatic carbocycles. The van der Waals surface area contributed by atoms with Crippen molar-refractivity contribution in [2.24, 2.45) is 0 Å². The molecule has 0 spiro atoms. The van der Waals surface area contributed by atoms with E-state index in [4.69, 9.17) is 10.5 Å². The zero-order chi connectivity index (χ0) is 12.5. The number of rotatable bonds is 2. The molecule has 5 nitrogen and oxygen atoms in total. The van der Waals surface area contributed by atoms with Gasteiger partial charge in [0.2, 0.25) is 0 Å². The molecule has 3 N–H and O–H groups in total. The molecular formula is C13H16N4O. The lowest BCUT2D eigenvalue weighted by atomic mass is 10.0. The summed E-state index contributed by atoms with van der Waals surface area (Å²) in [5, 5.41) is 7.64. The second-order valence-electron chi connectivity index (χ2n) is 4.40. The van der Waals surface area contributed by atoms with Gasteiger partial charge < -0.3 is 15.8 Å². The number of nitrogens with zero attached hydrogens (tertiary/aromatic N) is 2. The molecule has 2 aromatic rings. The Kier molecular flexibility index (Phi) is 2.59. The van der Waals surface area contributed by atoms with Crippen molar-refractivity contribution in [2.45, 2.75) is 12.5 Å². The van der Waals surface area contributed by atoms with Gasteiger partial charge in [-0.25, -0.2) is 4.68 Å². The molecule has 1 aromatic carbocycles. The minimum Gasteiger partial charge on any atom is -0.497 e. The summed E-state index contributed by atoms with van der Waals surface area (Å²) in [5.74, 6) is 1.78. The number of anilines is 2. The van der Waals surface area contributed by atoms with Gasteiger partial charge in [0, 0.05) is 6.54 Å². The molecule has 0 fully saturated rings.